The van der Waals surface area contributed by atoms with Gasteiger partial charge in [-0.1, -0.05) is 20.8 Å². The molecular weight excluding hydrogens is 262 g/mol. The van der Waals surface area contributed by atoms with Crippen LogP contribution < -0.4 is 5.32 Å². The van der Waals surface area contributed by atoms with E-state index in [1.54, 1.807) is 6.20 Å². The highest BCUT2D eigenvalue weighted by Gasteiger charge is 2.21. The summed E-state index contributed by atoms with van der Waals surface area (Å²) in [6.07, 6.45) is 3.59. The molecule has 2 N–H and O–H groups in total. The minimum atomic E-state index is 0.0372. The number of nitrogens with zero attached hydrogens (tertiary/aromatic N) is 3. The SMILES string of the molecule is Cn1c(C(C)(C)C)nc2cc(NCc3ncc[nH]3)ccc21. The van der Waals surface area contributed by atoms with Crippen molar-refractivity contribution in [2.75, 3.05) is 5.32 Å². The standard InChI is InChI=1S/C16H21N5/c1-16(2,3)15-20-12-9-11(5-6-13(12)21(15)4)19-10-14-17-7-8-18-14/h5-9,19H,10H2,1-4H3,(H,17,18). The number of aromatic amines is 1. The zero-order valence-electron chi connectivity index (χ0n) is 12.9. The van der Waals surface area contributed by atoms with E-state index in [2.05, 4.69) is 65.9 Å². The molecule has 0 fully saturated rings. The molecule has 0 amide bonds. The van der Waals surface area contributed by atoms with Gasteiger partial charge in [0.1, 0.15) is 11.6 Å². The first kappa shape index (κ1) is 13.7. The topological polar surface area (TPSA) is 58.5 Å². The van der Waals surface area contributed by atoms with Crippen LogP contribution in [0, 0.1) is 0 Å². The molecule has 0 saturated carbocycles. The second-order valence-electron chi connectivity index (χ2n) is 6.34. The molecule has 0 bridgehead atoms. The van der Waals surface area contributed by atoms with Crippen LogP contribution in [0.3, 0.4) is 0 Å². The van der Waals surface area contributed by atoms with Gasteiger partial charge in [-0.25, -0.2) is 9.97 Å². The van der Waals surface area contributed by atoms with Crippen molar-refractivity contribution in [1.29, 1.82) is 0 Å². The Kier molecular flexibility index (Phi) is 3.20. The van der Waals surface area contributed by atoms with Crippen molar-refractivity contribution in [1.82, 2.24) is 19.5 Å². The first-order valence-electron chi connectivity index (χ1n) is 7.14. The van der Waals surface area contributed by atoms with Crippen molar-refractivity contribution in [3.8, 4) is 0 Å². The number of hydrogen-bond acceptors (Lipinski definition) is 3. The number of nitrogens with one attached hydrogen (secondary N) is 2. The monoisotopic (exact) mass is 283 g/mol. The number of benzene rings is 1. The minimum Gasteiger partial charge on any atom is -0.378 e. The van der Waals surface area contributed by atoms with Gasteiger partial charge in [-0.05, 0) is 18.2 Å². The summed E-state index contributed by atoms with van der Waals surface area (Å²) in [4.78, 5) is 12.1. The molecule has 0 atom stereocenters. The average Bonchev–Trinajstić information content (AvgIpc) is 3.04. The molecular formula is C16H21N5. The van der Waals surface area contributed by atoms with E-state index in [1.165, 1.54) is 0 Å². The fourth-order valence-corrected chi connectivity index (χ4v) is 2.56. The fourth-order valence-electron chi connectivity index (χ4n) is 2.56. The van der Waals surface area contributed by atoms with E-state index in [1.807, 2.05) is 6.20 Å². The summed E-state index contributed by atoms with van der Waals surface area (Å²) < 4.78 is 2.17. The predicted octanol–water partition coefficient (Wildman–Crippen LogP) is 3.21. The quantitative estimate of drug-likeness (QED) is 0.776. The molecule has 0 aliphatic carbocycles. The van der Waals surface area contributed by atoms with E-state index in [4.69, 9.17) is 4.98 Å². The van der Waals surface area contributed by atoms with Crippen LogP contribution in [0.5, 0.6) is 0 Å². The molecule has 1 aromatic carbocycles. The molecule has 3 rings (SSSR count). The number of hydrogen-bond donors (Lipinski definition) is 2. The van der Waals surface area contributed by atoms with E-state index in [9.17, 15) is 0 Å². The van der Waals surface area contributed by atoms with Crippen LogP contribution in [0.1, 0.15) is 32.4 Å². The number of H-pyrrole nitrogens is 1. The van der Waals surface area contributed by atoms with Crippen LogP contribution in [0.2, 0.25) is 0 Å². The molecule has 110 valence electrons. The van der Waals surface area contributed by atoms with Crippen molar-refractivity contribution in [2.24, 2.45) is 7.05 Å². The van der Waals surface area contributed by atoms with Gasteiger partial charge in [0.05, 0.1) is 17.6 Å². The van der Waals surface area contributed by atoms with Gasteiger partial charge in [-0.15, -0.1) is 0 Å². The third kappa shape index (κ3) is 2.63. The Morgan fingerprint density at radius 3 is 2.76 bits per heavy atom. The second-order valence-corrected chi connectivity index (χ2v) is 6.34. The number of aryl methyl sites for hydroxylation is 1. The zero-order chi connectivity index (χ0) is 15.0. The summed E-state index contributed by atoms with van der Waals surface area (Å²) in [5.41, 5.74) is 3.27. The van der Waals surface area contributed by atoms with Crippen molar-refractivity contribution in [3.63, 3.8) is 0 Å². The van der Waals surface area contributed by atoms with E-state index in [-0.39, 0.29) is 5.41 Å². The fraction of sp³-hybridized carbons (Fsp3) is 0.375. The van der Waals surface area contributed by atoms with Crippen molar-refractivity contribution in [2.45, 2.75) is 32.7 Å². The minimum absolute atomic E-state index is 0.0372. The summed E-state index contributed by atoms with van der Waals surface area (Å²) in [6, 6.07) is 6.29. The van der Waals surface area contributed by atoms with Crippen LogP contribution in [0.4, 0.5) is 5.69 Å². The smallest absolute Gasteiger partial charge is 0.125 e. The van der Waals surface area contributed by atoms with Crippen molar-refractivity contribution >= 4 is 16.7 Å². The van der Waals surface area contributed by atoms with Gasteiger partial charge in [0.25, 0.3) is 0 Å². The summed E-state index contributed by atoms with van der Waals surface area (Å²) >= 11 is 0. The van der Waals surface area contributed by atoms with E-state index in [0.29, 0.717) is 6.54 Å². The normalized spacial score (nSPS) is 12.0. The Hall–Kier alpha value is -2.30. The maximum atomic E-state index is 4.79. The maximum Gasteiger partial charge on any atom is 0.125 e. The highest BCUT2D eigenvalue weighted by molar-refractivity contribution is 5.80. The van der Waals surface area contributed by atoms with Crippen LogP contribution in [0.25, 0.3) is 11.0 Å². The Morgan fingerprint density at radius 1 is 1.29 bits per heavy atom. The number of rotatable bonds is 3. The highest BCUT2D eigenvalue weighted by atomic mass is 15.1. The van der Waals surface area contributed by atoms with Gasteiger partial charge in [0, 0.05) is 30.5 Å². The van der Waals surface area contributed by atoms with Crippen LogP contribution in [-0.2, 0) is 19.0 Å². The Bertz CT molecular complexity index is 747. The van der Waals surface area contributed by atoms with Gasteiger partial charge in [-0.2, -0.15) is 0 Å². The van der Waals surface area contributed by atoms with E-state index >= 15 is 0 Å². The third-order valence-electron chi connectivity index (χ3n) is 3.57. The van der Waals surface area contributed by atoms with Gasteiger partial charge >= 0.3 is 0 Å². The van der Waals surface area contributed by atoms with Gasteiger partial charge < -0.3 is 14.9 Å². The van der Waals surface area contributed by atoms with Crippen LogP contribution in [-0.4, -0.2) is 19.5 Å². The second kappa shape index (κ2) is 4.91. The molecule has 0 aliphatic heterocycles. The lowest BCUT2D eigenvalue weighted by molar-refractivity contribution is 0.526. The Balaban J connectivity index is 1.89. The Morgan fingerprint density at radius 2 is 2.10 bits per heavy atom. The summed E-state index contributed by atoms with van der Waals surface area (Å²) in [6.45, 7) is 7.23. The predicted molar refractivity (Wildman–Crippen MR) is 85.3 cm³/mol. The maximum absolute atomic E-state index is 4.79. The summed E-state index contributed by atoms with van der Waals surface area (Å²) in [5, 5.41) is 3.36. The molecule has 0 saturated heterocycles. The summed E-state index contributed by atoms with van der Waals surface area (Å²) in [5.74, 6) is 2.02. The first-order valence-corrected chi connectivity index (χ1v) is 7.14. The molecule has 0 radical (unpaired) electrons. The number of imidazole rings is 2. The molecule has 0 spiro atoms. The van der Waals surface area contributed by atoms with Crippen LogP contribution in [0.15, 0.2) is 30.6 Å². The highest BCUT2D eigenvalue weighted by Crippen LogP contribution is 2.26. The lowest BCUT2D eigenvalue weighted by atomic mass is 9.96. The van der Waals surface area contributed by atoms with Gasteiger partial charge in [0.15, 0.2) is 0 Å². The van der Waals surface area contributed by atoms with E-state index in [0.717, 1.165) is 28.4 Å². The number of fused-ring (bicyclic) bond motifs is 1. The number of aromatic nitrogens is 4. The lowest BCUT2D eigenvalue weighted by Gasteiger charge is -2.17. The largest absolute Gasteiger partial charge is 0.378 e. The molecule has 2 aromatic heterocycles. The average molecular weight is 283 g/mol. The third-order valence-corrected chi connectivity index (χ3v) is 3.57. The molecule has 5 nitrogen and oxygen atoms in total. The molecule has 0 unspecified atom stereocenters. The molecule has 0 aliphatic rings. The summed E-state index contributed by atoms with van der Waals surface area (Å²) in [7, 11) is 2.08. The first-order chi connectivity index (χ1) is 9.95. The molecule has 5 heteroatoms. The zero-order valence-corrected chi connectivity index (χ0v) is 12.9. The van der Waals surface area contributed by atoms with Crippen molar-refractivity contribution < 1.29 is 0 Å². The molecule has 3 aromatic rings. The molecule has 21 heavy (non-hydrogen) atoms. The molecule has 2 heterocycles. The van der Waals surface area contributed by atoms with Crippen LogP contribution >= 0.6 is 0 Å². The lowest BCUT2D eigenvalue weighted by Crippen LogP contribution is -2.17. The van der Waals surface area contributed by atoms with Gasteiger partial charge in [-0.3, -0.25) is 0 Å². The number of anilines is 1. The van der Waals surface area contributed by atoms with Crippen molar-refractivity contribution in [3.05, 3.63) is 42.2 Å². The van der Waals surface area contributed by atoms with Gasteiger partial charge in [0.2, 0.25) is 0 Å². The van der Waals surface area contributed by atoms with E-state index < -0.39 is 0 Å². The Labute approximate surface area is 124 Å².